The number of halogens is 3. The summed E-state index contributed by atoms with van der Waals surface area (Å²) in [4.78, 5) is 3.63. The van der Waals surface area contributed by atoms with Gasteiger partial charge >= 0.3 is 0 Å². The predicted octanol–water partition coefficient (Wildman–Crippen LogP) is 3.16. The van der Waals surface area contributed by atoms with Gasteiger partial charge in [-0.25, -0.2) is 8.78 Å². The first-order valence-corrected chi connectivity index (χ1v) is 4.66. The van der Waals surface area contributed by atoms with Gasteiger partial charge in [0, 0.05) is 16.2 Å². The number of rotatable bonds is 2. The molecule has 0 spiro atoms. The van der Waals surface area contributed by atoms with Crippen LogP contribution in [0.5, 0.6) is 0 Å². The minimum atomic E-state index is -2.64. The van der Waals surface area contributed by atoms with Crippen LogP contribution in [0.2, 0.25) is 0 Å². The molecule has 0 aliphatic heterocycles. The van der Waals surface area contributed by atoms with Gasteiger partial charge in [0.05, 0.1) is 12.5 Å². The summed E-state index contributed by atoms with van der Waals surface area (Å²) in [7, 11) is 0. The summed E-state index contributed by atoms with van der Waals surface area (Å²) in [5, 5.41) is 8.50. The van der Waals surface area contributed by atoms with Crippen molar-refractivity contribution in [1.29, 1.82) is 5.26 Å². The summed E-state index contributed by atoms with van der Waals surface area (Å²) in [5.74, 6) is 0. The molecule has 14 heavy (non-hydrogen) atoms. The van der Waals surface area contributed by atoms with Crippen LogP contribution in [-0.2, 0) is 6.42 Å². The first kappa shape index (κ1) is 11.1. The highest BCUT2D eigenvalue weighted by Gasteiger charge is 2.17. The Bertz CT molecular complexity index is 385. The molecule has 74 valence electrons. The van der Waals surface area contributed by atoms with Crippen LogP contribution in [0.3, 0.4) is 0 Å². The van der Waals surface area contributed by atoms with E-state index in [-0.39, 0.29) is 17.7 Å². The van der Waals surface area contributed by atoms with Crippen molar-refractivity contribution < 1.29 is 8.78 Å². The van der Waals surface area contributed by atoms with Crippen molar-refractivity contribution in [2.45, 2.75) is 19.8 Å². The van der Waals surface area contributed by atoms with Crippen LogP contribution in [0.25, 0.3) is 0 Å². The Kier molecular flexibility index (Phi) is 3.53. The normalized spacial score (nSPS) is 10.3. The maximum Gasteiger partial charge on any atom is 0.280 e. The maximum absolute atomic E-state index is 12.5. The summed E-state index contributed by atoms with van der Waals surface area (Å²) >= 11 is 3.18. The molecule has 0 saturated carbocycles. The molecule has 0 aromatic carbocycles. The van der Waals surface area contributed by atoms with Crippen molar-refractivity contribution in [2.75, 3.05) is 0 Å². The van der Waals surface area contributed by atoms with Gasteiger partial charge < -0.3 is 0 Å². The largest absolute Gasteiger partial charge is 0.280 e. The average molecular weight is 261 g/mol. The first-order chi connectivity index (χ1) is 6.57. The highest BCUT2D eigenvalue weighted by molar-refractivity contribution is 9.10. The lowest BCUT2D eigenvalue weighted by molar-refractivity contribution is 0.145. The Morgan fingerprint density at radius 3 is 2.79 bits per heavy atom. The Balaban J connectivity index is 3.31. The van der Waals surface area contributed by atoms with E-state index in [9.17, 15) is 8.78 Å². The first-order valence-electron chi connectivity index (χ1n) is 3.87. The van der Waals surface area contributed by atoms with Crippen LogP contribution < -0.4 is 0 Å². The Labute approximate surface area is 88.7 Å². The van der Waals surface area contributed by atoms with E-state index in [1.807, 2.05) is 6.07 Å². The number of aromatic nitrogens is 1. The van der Waals surface area contributed by atoms with E-state index in [0.717, 1.165) is 5.56 Å². The maximum atomic E-state index is 12.5. The number of alkyl halides is 2. The molecule has 1 aromatic heterocycles. The average Bonchev–Trinajstić information content (AvgIpc) is 2.13. The Morgan fingerprint density at radius 1 is 1.64 bits per heavy atom. The second kappa shape index (κ2) is 4.47. The fraction of sp³-hybridized carbons (Fsp3) is 0.333. The summed E-state index contributed by atoms with van der Waals surface area (Å²) < 4.78 is 25.5. The fourth-order valence-electron chi connectivity index (χ4n) is 1.09. The molecule has 1 rings (SSSR count). The van der Waals surface area contributed by atoms with Crippen molar-refractivity contribution in [1.82, 2.24) is 4.98 Å². The Morgan fingerprint density at radius 2 is 2.29 bits per heavy atom. The molecular formula is C9H7BrF2N2. The number of nitrogens with zero attached hydrogens (tertiary/aromatic N) is 2. The smallest absolute Gasteiger partial charge is 0.255 e. The standard InChI is InChI=1S/C9H7BrF2N2/c1-5-4-14-8(9(11)12)6(2-3-13)7(5)10/h4,9H,2H2,1H3. The SMILES string of the molecule is Cc1cnc(C(F)F)c(CC#N)c1Br. The molecule has 1 heterocycles. The molecule has 0 aliphatic carbocycles. The second-order valence-corrected chi connectivity index (χ2v) is 3.55. The van der Waals surface area contributed by atoms with Crippen LogP contribution in [0.4, 0.5) is 8.78 Å². The van der Waals surface area contributed by atoms with Crippen LogP contribution in [0, 0.1) is 18.3 Å². The molecule has 0 amide bonds. The minimum Gasteiger partial charge on any atom is -0.255 e. The van der Waals surface area contributed by atoms with Gasteiger partial charge in [-0.05, 0) is 12.5 Å². The van der Waals surface area contributed by atoms with E-state index in [4.69, 9.17) is 5.26 Å². The topological polar surface area (TPSA) is 36.7 Å². The van der Waals surface area contributed by atoms with Crippen molar-refractivity contribution in [2.24, 2.45) is 0 Å². The van der Waals surface area contributed by atoms with E-state index >= 15 is 0 Å². The Hall–Kier alpha value is -1.02. The highest BCUT2D eigenvalue weighted by Crippen LogP contribution is 2.29. The molecule has 0 unspecified atom stereocenters. The lowest BCUT2D eigenvalue weighted by Crippen LogP contribution is -2.00. The number of nitriles is 1. The lowest BCUT2D eigenvalue weighted by Gasteiger charge is -2.08. The van der Waals surface area contributed by atoms with Gasteiger partial charge in [0.15, 0.2) is 0 Å². The molecule has 0 fully saturated rings. The summed E-state index contributed by atoms with van der Waals surface area (Å²) in [6.45, 7) is 1.74. The van der Waals surface area contributed by atoms with Gasteiger partial charge in [0.25, 0.3) is 6.43 Å². The zero-order valence-corrected chi connectivity index (χ0v) is 8.98. The van der Waals surface area contributed by atoms with Crippen LogP contribution in [0.1, 0.15) is 23.2 Å². The van der Waals surface area contributed by atoms with Crippen molar-refractivity contribution >= 4 is 15.9 Å². The second-order valence-electron chi connectivity index (χ2n) is 2.75. The summed E-state index contributed by atoms with van der Waals surface area (Å²) in [5.41, 5.74) is 0.714. The molecule has 5 heteroatoms. The minimum absolute atomic E-state index is 0.0606. The van der Waals surface area contributed by atoms with E-state index in [0.29, 0.717) is 4.47 Å². The molecule has 2 nitrogen and oxygen atoms in total. The molecule has 0 radical (unpaired) electrons. The molecule has 0 saturated heterocycles. The van der Waals surface area contributed by atoms with E-state index < -0.39 is 6.43 Å². The van der Waals surface area contributed by atoms with Crippen LogP contribution in [0.15, 0.2) is 10.7 Å². The molecule has 0 aliphatic rings. The van der Waals surface area contributed by atoms with Gasteiger partial charge in [-0.15, -0.1) is 0 Å². The van der Waals surface area contributed by atoms with Gasteiger partial charge in [0.2, 0.25) is 0 Å². The monoisotopic (exact) mass is 260 g/mol. The lowest BCUT2D eigenvalue weighted by atomic mass is 10.1. The predicted molar refractivity (Wildman–Crippen MR) is 50.9 cm³/mol. The van der Waals surface area contributed by atoms with Gasteiger partial charge in [-0.1, -0.05) is 15.9 Å². The summed E-state index contributed by atoms with van der Waals surface area (Å²) in [6.07, 6.45) is -1.34. The quantitative estimate of drug-likeness (QED) is 0.819. The number of hydrogen-bond acceptors (Lipinski definition) is 2. The van der Waals surface area contributed by atoms with Crippen LogP contribution >= 0.6 is 15.9 Å². The highest BCUT2D eigenvalue weighted by atomic mass is 79.9. The van der Waals surface area contributed by atoms with Crippen molar-refractivity contribution in [3.63, 3.8) is 0 Å². The van der Waals surface area contributed by atoms with E-state index in [1.54, 1.807) is 6.92 Å². The molecule has 0 N–H and O–H groups in total. The van der Waals surface area contributed by atoms with Gasteiger partial charge in [-0.3, -0.25) is 4.98 Å². The third kappa shape index (κ3) is 2.07. The summed E-state index contributed by atoms with van der Waals surface area (Å²) in [6, 6.07) is 1.84. The number of aryl methyl sites for hydroxylation is 1. The fourth-order valence-corrected chi connectivity index (χ4v) is 1.53. The van der Waals surface area contributed by atoms with E-state index in [2.05, 4.69) is 20.9 Å². The van der Waals surface area contributed by atoms with Gasteiger partial charge in [-0.2, -0.15) is 5.26 Å². The van der Waals surface area contributed by atoms with Crippen molar-refractivity contribution in [3.05, 3.63) is 27.5 Å². The van der Waals surface area contributed by atoms with Gasteiger partial charge in [0.1, 0.15) is 5.69 Å². The molecule has 0 bridgehead atoms. The zero-order chi connectivity index (χ0) is 10.7. The van der Waals surface area contributed by atoms with Crippen molar-refractivity contribution in [3.8, 4) is 6.07 Å². The third-order valence-corrected chi connectivity index (χ3v) is 2.88. The zero-order valence-electron chi connectivity index (χ0n) is 7.39. The number of pyridine rings is 1. The van der Waals surface area contributed by atoms with Crippen LogP contribution in [-0.4, -0.2) is 4.98 Å². The third-order valence-electron chi connectivity index (χ3n) is 1.78. The number of hydrogen-bond donors (Lipinski definition) is 0. The molecular weight excluding hydrogens is 254 g/mol. The van der Waals surface area contributed by atoms with E-state index in [1.165, 1.54) is 6.20 Å². The molecule has 1 aromatic rings. The molecule has 0 atom stereocenters.